The second-order valence-corrected chi connectivity index (χ2v) is 3.30. The Morgan fingerprint density at radius 1 is 1.83 bits per heavy atom. The van der Waals surface area contributed by atoms with Crippen LogP contribution in [0.2, 0.25) is 0 Å². The number of nitrogens with zero attached hydrogens (tertiary/aromatic N) is 2. The van der Waals surface area contributed by atoms with Crippen molar-refractivity contribution in [1.82, 2.24) is 9.78 Å². The van der Waals surface area contributed by atoms with Crippen LogP contribution in [0.25, 0.3) is 0 Å². The molecule has 0 spiro atoms. The highest BCUT2D eigenvalue weighted by Crippen LogP contribution is 2.14. The predicted molar refractivity (Wildman–Crippen MR) is 46.9 cm³/mol. The van der Waals surface area contributed by atoms with Gasteiger partial charge in [-0.15, -0.1) is 0 Å². The molecule has 0 radical (unpaired) electrons. The maximum atomic E-state index is 10.2. The molecule has 0 fully saturated rings. The summed E-state index contributed by atoms with van der Waals surface area (Å²) in [6.45, 7) is 2.31. The third-order valence-corrected chi connectivity index (χ3v) is 2.36. The number of hydrogen-bond donors (Lipinski definition) is 1. The van der Waals surface area contributed by atoms with E-state index in [9.17, 15) is 4.79 Å². The van der Waals surface area contributed by atoms with Crippen molar-refractivity contribution in [3.05, 3.63) is 16.4 Å². The van der Waals surface area contributed by atoms with Gasteiger partial charge in [0.1, 0.15) is 0 Å². The molecule has 1 heterocycles. The number of aryl methyl sites for hydroxylation is 1. The van der Waals surface area contributed by atoms with Crippen LogP contribution in [0.5, 0.6) is 0 Å². The van der Waals surface area contributed by atoms with Gasteiger partial charge in [0.2, 0.25) is 0 Å². The van der Waals surface area contributed by atoms with Crippen molar-refractivity contribution in [2.75, 3.05) is 0 Å². The Hall–Kier alpha value is -0.840. The van der Waals surface area contributed by atoms with Crippen LogP contribution >= 0.6 is 15.9 Å². The molecule has 12 heavy (non-hydrogen) atoms. The van der Waals surface area contributed by atoms with Crippen molar-refractivity contribution < 1.29 is 9.90 Å². The fourth-order valence-electron chi connectivity index (χ4n) is 0.851. The summed E-state index contributed by atoms with van der Waals surface area (Å²) < 4.78 is 2.57. The van der Waals surface area contributed by atoms with Gasteiger partial charge in [-0.3, -0.25) is 9.48 Å². The van der Waals surface area contributed by atoms with Gasteiger partial charge in [-0.25, -0.2) is 0 Å². The minimum Gasteiger partial charge on any atom is -0.481 e. The highest BCUT2D eigenvalue weighted by molar-refractivity contribution is 9.10. The van der Waals surface area contributed by atoms with E-state index in [1.165, 1.54) is 0 Å². The Kier molecular flexibility index (Phi) is 2.86. The summed E-state index contributed by atoms with van der Waals surface area (Å²) >= 11 is 3.29. The summed E-state index contributed by atoms with van der Waals surface area (Å²) in [5, 5.41) is 12.4. The molecule has 0 aliphatic heterocycles. The lowest BCUT2D eigenvalue weighted by Crippen LogP contribution is -2.07. The average molecular weight is 233 g/mol. The summed E-state index contributed by atoms with van der Waals surface area (Å²) in [6.07, 6.45) is 1.77. The highest BCUT2D eigenvalue weighted by atomic mass is 79.9. The molecule has 0 aliphatic carbocycles. The number of carbonyl (C=O) groups is 1. The Bertz CT molecular complexity index is 296. The van der Waals surface area contributed by atoms with Crippen LogP contribution < -0.4 is 0 Å². The van der Waals surface area contributed by atoms with Gasteiger partial charge in [-0.05, 0) is 22.9 Å². The lowest BCUT2D eigenvalue weighted by molar-refractivity contribution is -0.137. The Balaban J connectivity index is 2.63. The summed E-state index contributed by atoms with van der Waals surface area (Å²) in [4.78, 5) is 10.2. The number of halogens is 1. The van der Waals surface area contributed by atoms with Crippen molar-refractivity contribution in [3.8, 4) is 0 Å². The molecule has 0 bridgehead atoms. The second-order valence-electron chi connectivity index (χ2n) is 2.44. The van der Waals surface area contributed by atoms with Gasteiger partial charge in [0.05, 0.1) is 23.6 Å². The number of aliphatic carboxylic acids is 1. The van der Waals surface area contributed by atoms with E-state index in [0.717, 1.165) is 10.2 Å². The van der Waals surface area contributed by atoms with Crippen molar-refractivity contribution in [2.45, 2.75) is 19.9 Å². The summed E-state index contributed by atoms with van der Waals surface area (Å²) in [5.74, 6) is -0.805. The third-order valence-electron chi connectivity index (χ3n) is 1.58. The Morgan fingerprint density at radius 3 is 2.92 bits per heavy atom. The zero-order chi connectivity index (χ0) is 9.14. The maximum Gasteiger partial charge on any atom is 0.305 e. The minimum absolute atomic E-state index is 0.106. The smallest absolute Gasteiger partial charge is 0.305 e. The molecular formula is C7H9BrN2O2. The maximum absolute atomic E-state index is 10.2. The van der Waals surface area contributed by atoms with Gasteiger partial charge in [0.15, 0.2) is 0 Å². The highest BCUT2D eigenvalue weighted by Gasteiger charge is 2.04. The fourth-order valence-corrected chi connectivity index (χ4v) is 1.15. The Labute approximate surface area is 78.3 Å². The van der Waals surface area contributed by atoms with E-state index in [2.05, 4.69) is 21.0 Å². The molecule has 1 N–H and O–H groups in total. The summed E-state index contributed by atoms with van der Waals surface area (Å²) in [5.41, 5.74) is 0.955. The first kappa shape index (κ1) is 9.25. The van der Waals surface area contributed by atoms with Crippen molar-refractivity contribution >= 4 is 21.9 Å². The lowest BCUT2D eigenvalue weighted by atomic mass is 10.4. The molecule has 0 saturated heterocycles. The molecular weight excluding hydrogens is 224 g/mol. The minimum atomic E-state index is -0.805. The van der Waals surface area contributed by atoms with Crippen LogP contribution in [0.1, 0.15) is 12.1 Å². The predicted octanol–water partition coefficient (Wildman–Crippen LogP) is 1.43. The van der Waals surface area contributed by atoms with E-state index in [1.807, 2.05) is 6.92 Å². The molecule has 0 saturated carbocycles. The Morgan fingerprint density at radius 2 is 2.50 bits per heavy atom. The molecule has 0 aromatic carbocycles. The van der Waals surface area contributed by atoms with Crippen molar-refractivity contribution in [3.63, 3.8) is 0 Å². The van der Waals surface area contributed by atoms with Crippen molar-refractivity contribution in [2.24, 2.45) is 0 Å². The van der Waals surface area contributed by atoms with Crippen LogP contribution in [0, 0.1) is 6.92 Å². The lowest BCUT2D eigenvalue weighted by Gasteiger charge is -2.00. The van der Waals surface area contributed by atoms with E-state index in [4.69, 9.17) is 5.11 Å². The van der Waals surface area contributed by atoms with Gasteiger partial charge >= 0.3 is 5.97 Å². The first-order chi connectivity index (χ1) is 5.61. The van der Waals surface area contributed by atoms with E-state index in [-0.39, 0.29) is 6.42 Å². The van der Waals surface area contributed by atoms with Gasteiger partial charge in [0.25, 0.3) is 0 Å². The van der Waals surface area contributed by atoms with Gasteiger partial charge < -0.3 is 5.11 Å². The molecule has 1 rings (SSSR count). The molecule has 66 valence electrons. The van der Waals surface area contributed by atoms with Crippen LogP contribution in [-0.4, -0.2) is 20.9 Å². The quantitative estimate of drug-likeness (QED) is 0.859. The summed E-state index contributed by atoms with van der Waals surface area (Å²) in [6, 6.07) is 0. The number of carboxylic acids is 1. The van der Waals surface area contributed by atoms with Gasteiger partial charge in [0, 0.05) is 5.69 Å². The molecule has 0 unspecified atom stereocenters. The molecule has 4 nitrogen and oxygen atoms in total. The standard InChI is InChI=1S/C7H9BrN2O2/c1-5-6(8)4-9-10(5)3-2-7(11)12/h4H,2-3H2,1H3,(H,11,12). The molecule has 0 atom stereocenters. The topological polar surface area (TPSA) is 55.1 Å². The van der Waals surface area contributed by atoms with Crippen LogP contribution in [-0.2, 0) is 11.3 Å². The first-order valence-electron chi connectivity index (χ1n) is 3.51. The zero-order valence-electron chi connectivity index (χ0n) is 6.62. The van der Waals surface area contributed by atoms with E-state index >= 15 is 0 Å². The third kappa shape index (κ3) is 2.07. The largest absolute Gasteiger partial charge is 0.481 e. The van der Waals surface area contributed by atoms with E-state index < -0.39 is 5.97 Å². The number of carboxylic acid groups (broad SMARTS) is 1. The number of aromatic nitrogens is 2. The zero-order valence-corrected chi connectivity index (χ0v) is 8.21. The van der Waals surface area contributed by atoms with Crippen LogP contribution in [0.15, 0.2) is 10.7 Å². The molecule has 1 aromatic heterocycles. The summed E-state index contributed by atoms with van der Waals surface area (Å²) in [7, 11) is 0. The van der Waals surface area contributed by atoms with E-state index in [1.54, 1.807) is 10.9 Å². The second kappa shape index (κ2) is 3.71. The average Bonchev–Trinajstić information content (AvgIpc) is 2.30. The molecule has 0 amide bonds. The number of rotatable bonds is 3. The first-order valence-corrected chi connectivity index (χ1v) is 4.30. The molecule has 5 heteroatoms. The SMILES string of the molecule is Cc1c(Br)cnn1CCC(=O)O. The van der Waals surface area contributed by atoms with Gasteiger partial charge in [-0.1, -0.05) is 0 Å². The monoisotopic (exact) mass is 232 g/mol. The number of hydrogen-bond acceptors (Lipinski definition) is 2. The molecule has 0 aliphatic rings. The van der Waals surface area contributed by atoms with E-state index in [0.29, 0.717) is 6.54 Å². The normalized spacial score (nSPS) is 10.2. The fraction of sp³-hybridized carbons (Fsp3) is 0.429. The van der Waals surface area contributed by atoms with Gasteiger partial charge in [-0.2, -0.15) is 5.10 Å². The van der Waals surface area contributed by atoms with Crippen molar-refractivity contribution in [1.29, 1.82) is 0 Å². The van der Waals surface area contributed by atoms with Crippen LogP contribution in [0.3, 0.4) is 0 Å². The molecule has 1 aromatic rings. The van der Waals surface area contributed by atoms with Crippen LogP contribution in [0.4, 0.5) is 0 Å².